The molecule has 0 amide bonds. The van der Waals surface area contributed by atoms with E-state index in [1.807, 2.05) is 0 Å². The van der Waals surface area contributed by atoms with Gasteiger partial charge in [-0.05, 0) is 80.0 Å². The lowest BCUT2D eigenvalue weighted by Gasteiger charge is -2.36. The molecule has 2 heteroatoms. The smallest absolute Gasteiger partial charge is 0.119 e. The highest BCUT2D eigenvalue weighted by Crippen LogP contribution is 2.51. The van der Waals surface area contributed by atoms with E-state index in [1.54, 1.807) is 12.7 Å². The van der Waals surface area contributed by atoms with Gasteiger partial charge in [-0.3, -0.25) is 0 Å². The second kappa shape index (κ2) is 5.88. The van der Waals surface area contributed by atoms with Crippen LogP contribution in [0.5, 0.6) is 5.75 Å². The summed E-state index contributed by atoms with van der Waals surface area (Å²) in [6.45, 7) is 4.01. The Kier molecular flexibility index (Phi) is 3.89. The van der Waals surface area contributed by atoms with Crippen molar-refractivity contribution in [3.05, 3.63) is 29.8 Å². The summed E-state index contributed by atoms with van der Waals surface area (Å²) in [4.78, 5) is 2.79. The Balaban J connectivity index is 1.60. The molecule has 0 N–H and O–H groups in total. The Hall–Kier alpha value is -1.02. The number of hydrogen-bond donors (Lipinski definition) is 0. The SMILES string of the molecule is COc1cccc(C23CCCC2CN(CC2CC2)CCC3)c1. The molecule has 0 radical (unpaired) electrons. The average Bonchev–Trinajstić information content (AvgIpc) is 3.31. The molecular formula is C20H29NO. The molecule has 120 valence electrons. The summed E-state index contributed by atoms with van der Waals surface area (Å²) >= 11 is 0. The number of methoxy groups -OCH3 is 1. The van der Waals surface area contributed by atoms with Crippen LogP contribution < -0.4 is 4.74 Å². The molecule has 3 aliphatic rings. The predicted molar refractivity (Wildman–Crippen MR) is 90.4 cm³/mol. The third-order valence-corrected chi connectivity index (χ3v) is 6.39. The van der Waals surface area contributed by atoms with Gasteiger partial charge in [-0.15, -0.1) is 0 Å². The molecule has 4 rings (SSSR count). The van der Waals surface area contributed by atoms with E-state index >= 15 is 0 Å². The Morgan fingerprint density at radius 3 is 2.86 bits per heavy atom. The first-order chi connectivity index (χ1) is 10.8. The largest absolute Gasteiger partial charge is 0.497 e. The van der Waals surface area contributed by atoms with Crippen molar-refractivity contribution in [2.75, 3.05) is 26.7 Å². The van der Waals surface area contributed by atoms with E-state index in [4.69, 9.17) is 4.74 Å². The number of hydrogen-bond acceptors (Lipinski definition) is 2. The summed E-state index contributed by atoms with van der Waals surface area (Å²) in [5.41, 5.74) is 1.97. The van der Waals surface area contributed by atoms with E-state index in [-0.39, 0.29) is 0 Å². The number of ether oxygens (including phenoxy) is 1. The summed E-state index contributed by atoms with van der Waals surface area (Å²) in [5.74, 6) is 2.89. The van der Waals surface area contributed by atoms with Crippen molar-refractivity contribution in [2.24, 2.45) is 11.8 Å². The van der Waals surface area contributed by atoms with Crippen LogP contribution in [-0.4, -0.2) is 31.6 Å². The zero-order valence-corrected chi connectivity index (χ0v) is 13.9. The zero-order valence-electron chi connectivity index (χ0n) is 13.9. The fraction of sp³-hybridized carbons (Fsp3) is 0.700. The van der Waals surface area contributed by atoms with E-state index in [0.717, 1.165) is 17.6 Å². The summed E-state index contributed by atoms with van der Waals surface area (Å²) in [6, 6.07) is 8.94. The molecule has 22 heavy (non-hydrogen) atoms. The molecule has 0 bridgehead atoms. The van der Waals surface area contributed by atoms with Crippen molar-refractivity contribution < 1.29 is 4.74 Å². The number of fused-ring (bicyclic) bond motifs is 1. The molecule has 1 saturated heterocycles. The minimum atomic E-state index is 0.423. The van der Waals surface area contributed by atoms with Crippen LogP contribution in [0.15, 0.2) is 24.3 Å². The third-order valence-electron chi connectivity index (χ3n) is 6.39. The monoisotopic (exact) mass is 299 g/mol. The minimum absolute atomic E-state index is 0.423. The highest BCUT2D eigenvalue weighted by atomic mass is 16.5. The summed E-state index contributed by atoms with van der Waals surface area (Å²) in [6.07, 6.45) is 9.87. The van der Waals surface area contributed by atoms with E-state index in [2.05, 4.69) is 29.2 Å². The van der Waals surface area contributed by atoms with Gasteiger partial charge in [0, 0.05) is 13.1 Å². The first kappa shape index (κ1) is 14.6. The van der Waals surface area contributed by atoms with Gasteiger partial charge in [0.05, 0.1) is 7.11 Å². The van der Waals surface area contributed by atoms with Gasteiger partial charge < -0.3 is 9.64 Å². The van der Waals surface area contributed by atoms with Gasteiger partial charge in [-0.25, -0.2) is 0 Å². The van der Waals surface area contributed by atoms with Crippen LogP contribution in [0, 0.1) is 11.8 Å². The molecule has 1 aliphatic heterocycles. The van der Waals surface area contributed by atoms with Gasteiger partial charge in [0.15, 0.2) is 0 Å². The van der Waals surface area contributed by atoms with Crippen LogP contribution >= 0.6 is 0 Å². The average molecular weight is 299 g/mol. The zero-order chi connectivity index (χ0) is 15.0. The molecule has 2 unspecified atom stereocenters. The summed E-state index contributed by atoms with van der Waals surface area (Å²) < 4.78 is 5.49. The summed E-state index contributed by atoms with van der Waals surface area (Å²) in [7, 11) is 1.79. The Bertz CT molecular complexity index is 524. The normalized spacial score (nSPS) is 32.5. The van der Waals surface area contributed by atoms with Crippen molar-refractivity contribution in [1.82, 2.24) is 4.90 Å². The summed E-state index contributed by atoms with van der Waals surface area (Å²) in [5, 5.41) is 0. The molecular weight excluding hydrogens is 270 g/mol. The van der Waals surface area contributed by atoms with E-state index in [1.165, 1.54) is 64.6 Å². The predicted octanol–water partition coefficient (Wildman–Crippen LogP) is 4.24. The maximum atomic E-state index is 5.49. The molecule has 0 aromatic heterocycles. The van der Waals surface area contributed by atoms with Crippen LogP contribution in [0.2, 0.25) is 0 Å². The quantitative estimate of drug-likeness (QED) is 0.824. The fourth-order valence-corrected chi connectivity index (χ4v) is 5.05. The molecule has 0 spiro atoms. The minimum Gasteiger partial charge on any atom is -0.497 e. The lowest BCUT2D eigenvalue weighted by molar-refractivity contribution is 0.215. The Morgan fingerprint density at radius 2 is 2.05 bits per heavy atom. The van der Waals surface area contributed by atoms with Crippen LogP contribution in [0.3, 0.4) is 0 Å². The number of nitrogens with zero attached hydrogens (tertiary/aromatic N) is 1. The van der Waals surface area contributed by atoms with Crippen molar-refractivity contribution in [3.63, 3.8) is 0 Å². The van der Waals surface area contributed by atoms with Crippen LogP contribution in [0.4, 0.5) is 0 Å². The van der Waals surface area contributed by atoms with Crippen LogP contribution in [-0.2, 0) is 5.41 Å². The molecule has 1 aromatic rings. The van der Waals surface area contributed by atoms with Gasteiger partial charge in [-0.2, -0.15) is 0 Å². The highest BCUT2D eigenvalue weighted by Gasteiger charge is 2.46. The van der Waals surface area contributed by atoms with Gasteiger partial charge in [0.25, 0.3) is 0 Å². The molecule has 2 aliphatic carbocycles. The van der Waals surface area contributed by atoms with E-state index in [0.29, 0.717) is 5.41 Å². The van der Waals surface area contributed by atoms with Crippen molar-refractivity contribution in [2.45, 2.75) is 50.4 Å². The Morgan fingerprint density at radius 1 is 1.18 bits per heavy atom. The molecule has 1 heterocycles. The number of rotatable bonds is 4. The van der Waals surface area contributed by atoms with Crippen molar-refractivity contribution >= 4 is 0 Å². The molecule has 2 atom stereocenters. The second-order valence-corrected chi connectivity index (χ2v) is 7.78. The van der Waals surface area contributed by atoms with Gasteiger partial charge >= 0.3 is 0 Å². The number of likely N-dealkylation sites (tertiary alicyclic amines) is 1. The lowest BCUT2D eigenvalue weighted by atomic mass is 9.69. The topological polar surface area (TPSA) is 12.5 Å². The van der Waals surface area contributed by atoms with Crippen molar-refractivity contribution in [3.8, 4) is 5.75 Å². The number of benzene rings is 1. The van der Waals surface area contributed by atoms with Crippen LogP contribution in [0.1, 0.15) is 50.5 Å². The van der Waals surface area contributed by atoms with Gasteiger partial charge in [0.1, 0.15) is 5.75 Å². The Labute approximate surface area is 134 Å². The maximum Gasteiger partial charge on any atom is 0.119 e. The van der Waals surface area contributed by atoms with Crippen LogP contribution in [0.25, 0.3) is 0 Å². The lowest BCUT2D eigenvalue weighted by Crippen LogP contribution is -2.36. The van der Waals surface area contributed by atoms with E-state index in [9.17, 15) is 0 Å². The third kappa shape index (κ3) is 2.67. The maximum absolute atomic E-state index is 5.49. The highest BCUT2D eigenvalue weighted by molar-refractivity contribution is 5.36. The first-order valence-corrected chi connectivity index (χ1v) is 9.17. The second-order valence-electron chi connectivity index (χ2n) is 7.78. The van der Waals surface area contributed by atoms with Gasteiger partial charge in [-0.1, -0.05) is 18.6 Å². The van der Waals surface area contributed by atoms with Gasteiger partial charge in [0.2, 0.25) is 0 Å². The molecule has 2 nitrogen and oxygen atoms in total. The fourth-order valence-electron chi connectivity index (χ4n) is 5.05. The first-order valence-electron chi connectivity index (χ1n) is 9.17. The van der Waals surface area contributed by atoms with E-state index < -0.39 is 0 Å². The standard InChI is InChI=1S/C20H29NO/c1-22-19-7-2-5-17(13-19)20-10-3-6-18(20)15-21(12-4-11-20)14-16-8-9-16/h2,5,7,13,16,18H,3-4,6,8-12,14-15H2,1H3. The molecule has 2 saturated carbocycles. The molecule has 1 aromatic carbocycles. The molecule has 3 fully saturated rings. The van der Waals surface area contributed by atoms with Crippen molar-refractivity contribution in [1.29, 1.82) is 0 Å².